The van der Waals surface area contributed by atoms with Crippen LogP contribution >= 0.6 is 0 Å². The Morgan fingerprint density at radius 2 is 1.35 bits per heavy atom. The quantitative estimate of drug-likeness (QED) is 0.488. The van der Waals surface area contributed by atoms with Crippen molar-refractivity contribution in [2.24, 2.45) is 5.92 Å². The lowest BCUT2D eigenvalue weighted by Gasteiger charge is -2.30. The summed E-state index contributed by atoms with van der Waals surface area (Å²) in [4.78, 5) is 13.2. The Kier molecular flexibility index (Phi) is 8.89. The highest BCUT2D eigenvalue weighted by molar-refractivity contribution is 7.89. The summed E-state index contributed by atoms with van der Waals surface area (Å²) in [6.07, 6.45) is 3.31. The fourth-order valence-corrected chi connectivity index (χ4v) is 7.75. The van der Waals surface area contributed by atoms with E-state index in [1.807, 2.05) is 6.92 Å². The number of piperidine rings is 1. The van der Waals surface area contributed by atoms with Crippen molar-refractivity contribution < 1.29 is 26.4 Å². The summed E-state index contributed by atoms with van der Waals surface area (Å²) >= 11 is 0. The van der Waals surface area contributed by atoms with E-state index in [1.54, 1.807) is 48.5 Å². The Bertz CT molecular complexity index is 1260. The van der Waals surface area contributed by atoms with Gasteiger partial charge < -0.3 is 10.1 Å². The van der Waals surface area contributed by atoms with Gasteiger partial charge in [-0.1, -0.05) is 12.1 Å². The van der Waals surface area contributed by atoms with Crippen LogP contribution < -0.4 is 10.1 Å². The first-order chi connectivity index (χ1) is 17.7. The van der Waals surface area contributed by atoms with E-state index >= 15 is 0 Å². The van der Waals surface area contributed by atoms with Crippen LogP contribution in [0.1, 0.15) is 38.2 Å². The lowest BCUT2D eigenvalue weighted by molar-refractivity contribution is -0.126. The molecule has 2 fully saturated rings. The van der Waals surface area contributed by atoms with Crippen LogP contribution in [0.4, 0.5) is 0 Å². The molecule has 0 spiro atoms. The van der Waals surface area contributed by atoms with Crippen molar-refractivity contribution in [2.75, 3.05) is 39.3 Å². The predicted octanol–water partition coefficient (Wildman–Crippen LogP) is 2.63. The third-order valence-electron chi connectivity index (χ3n) is 6.94. The number of carbonyl (C=O) groups excluding carboxylic acids is 1. The molecule has 11 heteroatoms. The second-order valence-corrected chi connectivity index (χ2v) is 13.3. The number of nitrogens with one attached hydrogen (secondary N) is 1. The SMILES string of the molecule is CCOc1ccc(S(=O)(=O)N2CCC(C(=O)NCCc3ccc(S(=O)(=O)N4CCCC4)cc3)CC2)cc1. The van der Waals surface area contributed by atoms with Crippen LogP contribution in [0.25, 0.3) is 0 Å². The zero-order valence-corrected chi connectivity index (χ0v) is 22.8. The van der Waals surface area contributed by atoms with Gasteiger partial charge in [-0.3, -0.25) is 4.79 Å². The molecule has 0 saturated carbocycles. The number of rotatable bonds is 10. The monoisotopic (exact) mass is 549 g/mol. The fourth-order valence-electron chi connectivity index (χ4n) is 4.76. The van der Waals surface area contributed by atoms with Crippen LogP contribution in [0.15, 0.2) is 58.3 Å². The van der Waals surface area contributed by atoms with E-state index < -0.39 is 20.0 Å². The summed E-state index contributed by atoms with van der Waals surface area (Å²) < 4.78 is 59.6. The first kappa shape index (κ1) is 27.6. The number of amides is 1. The van der Waals surface area contributed by atoms with Gasteiger partial charge in [0, 0.05) is 38.6 Å². The van der Waals surface area contributed by atoms with Gasteiger partial charge in [-0.25, -0.2) is 16.8 Å². The Hall–Kier alpha value is -2.47. The molecule has 2 aliphatic rings. The van der Waals surface area contributed by atoms with Gasteiger partial charge >= 0.3 is 0 Å². The molecule has 4 rings (SSSR count). The maximum atomic E-state index is 13.0. The van der Waals surface area contributed by atoms with Gasteiger partial charge in [-0.05, 0) is 81.0 Å². The van der Waals surface area contributed by atoms with Crippen LogP contribution in [0.3, 0.4) is 0 Å². The molecule has 0 unspecified atom stereocenters. The third kappa shape index (κ3) is 6.51. The molecule has 2 heterocycles. The van der Waals surface area contributed by atoms with E-state index in [0.717, 1.165) is 18.4 Å². The van der Waals surface area contributed by atoms with Gasteiger partial charge in [-0.2, -0.15) is 8.61 Å². The minimum Gasteiger partial charge on any atom is -0.494 e. The first-order valence-corrected chi connectivity index (χ1v) is 15.7. The second kappa shape index (κ2) is 11.9. The first-order valence-electron chi connectivity index (χ1n) is 12.8. The largest absolute Gasteiger partial charge is 0.494 e. The molecule has 2 saturated heterocycles. The number of hydrogen-bond acceptors (Lipinski definition) is 6. The van der Waals surface area contributed by atoms with Crippen LogP contribution in [-0.4, -0.2) is 70.7 Å². The standard InChI is InChI=1S/C26H35N3O6S2/c1-2-35-23-7-11-25(12-8-23)37(33,34)29-19-14-22(15-20-29)26(30)27-16-13-21-5-9-24(10-6-21)36(31,32)28-17-3-4-18-28/h5-12,22H,2-4,13-20H2,1H3,(H,27,30). The summed E-state index contributed by atoms with van der Waals surface area (Å²) in [5.41, 5.74) is 0.942. The highest BCUT2D eigenvalue weighted by atomic mass is 32.2. The Balaban J connectivity index is 1.23. The molecule has 2 aromatic carbocycles. The Morgan fingerprint density at radius 3 is 1.89 bits per heavy atom. The van der Waals surface area contributed by atoms with Crippen LogP contribution in [0, 0.1) is 5.92 Å². The summed E-state index contributed by atoms with van der Waals surface area (Å²) in [5, 5.41) is 2.95. The molecule has 202 valence electrons. The van der Waals surface area contributed by atoms with Crippen molar-refractivity contribution in [3.63, 3.8) is 0 Å². The Labute approximate surface area is 219 Å². The summed E-state index contributed by atoms with van der Waals surface area (Å²) in [7, 11) is -7.05. The number of ether oxygens (including phenoxy) is 1. The van der Waals surface area contributed by atoms with Crippen LogP contribution in [0.5, 0.6) is 5.75 Å². The zero-order valence-electron chi connectivity index (χ0n) is 21.1. The van der Waals surface area contributed by atoms with Gasteiger partial charge in [0.2, 0.25) is 26.0 Å². The van der Waals surface area contributed by atoms with Crippen LogP contribution in [0.2, 0.25) is 0 Å². The molecular formula is C26H35N3O6S2. The van der Waals surface area contributed by atoms with E-state index in [2.05, 4.69) is 5.32 Å². The average Bonchev–Trinajstić information content (AvgIpc) is 3.46. The lowest BCUT2D eigenvalue weighted by atomic mass is 9.97. The fraction of sp³-hybridized carbons (Fsp3) is 0.500. The maximum Gasteiger partial charge on any atom is 0.243 e. The van der Waals surface area contributed by atoms with Gasteiger partial charge in [0.15, 0.2) is 0 Å². The summed E-state index contributed by atoms with van der Waals surface area (Å²) in [5.74, 6) is 0.311. The molecule has 1 amide bonds. The molecule has 0 bridgehead atoms. The van der Waals surface area contributed by atoms with Crippen molar-refractivity contribution in [3.8, 4) is 5.75 Å². The molecule has 0 aliphatic carbocycles. The van der Waals surface area contributed by atoms with Crippen molar-refractivity contribution in [3.05, 3.63) is 54.1 Å². The number of hydrogen-bond donors (Lipinski definition) is 1. The normalized spacial score (nSPS) is 18.1. The zero-order chi connectivity index (χ0) is 26.5. The topological polar surface area (TPSA) is 113 Å². The number of carbonyl (C=O) groups is 1. The number of nitrogens with zero attached hydrogens (tertiary/aromatic N) is 2. The Morgan fingerprint density at radius 1 is 0.838 bits per heavy atom. The minimum atomic E-state index is -3.62. The highest BCUT2D eigenvalue weighted by Crippen LogP contribution is 2.25. The van der Waals surface area contributed by atoms with E-state index in [1.165, 1.54) is 8.61 Å². The average molecular weight is 550 g/mol. The minimum absolute atomic E-state index is 0.0775. The van der Waals surface area contributed by atoms with E-state index in [-0.39, 0.29) is 16.7 Å². The molecule has 0 radical (unpaired) electrons. The van der Waals surface area contributed by atoms with Crippen LogP contribution in [-0.2, 0) is 31.3 Å². The van der Waals surface area contributed by atoms with Gasteiger partial charge in [-0.15, -0.1) is 0 Å². The van der Waals surface area contributed by atoms with Gasteiger partial charge in [0.1, 0.15) is 5.75 Å². The smallest absolute Gasteiger partial charge is 0.243 e. The van der Waals surface area contributed by atoms with Crippen molar-refractivity contribution in [1.82, 2.24) is 13.9 Å². The highest BCUT2D eigenvalue weighted by Gasteiger charge is 2.32. The van der Waals surface area contributed by atoms with Crippen molar-refractivity contribution >= 4 is 26.0 Å². The van der Waals surface area contributed by atoms with E-state index in [4.69, 9.17) is 4.74 Å². The molecule has 0 aromatic heterocycles. The summed E-state index contributed by atoms with van der Waals surface area (Å²) in [6, 6.07) is 13.2. The van der Waals surface area contributed by atoms with Gasteiger partial charge in [0.05, 0.1) is 16.4 Å². The predicted molar refractivity (Wildman–Crippen MR) is 140 cm³/mol. The second-order valence-electron chi connectivity index (χ2n) is 9.38. The lowest BCUT2D eigenvalue weighted by Crippen LogP contribution is -2.43. The molecule has 2 aromatic rings. The van der Waals surface area contributed by atoms with Crippen molar-refractivity contribution in [2.45, 2.75) is 48.8 Å². The molecule has 9 nitrogen and oxygen atoms in total. The summed E-state index contributed by atoms with van der Waals surface area (Å²) in [6.45, 7) is 4.54. The molecule has 37 heavy (non-hydrogen) atoms. The molecule has 1 N–H and O–H groups in total. The third-order valence-corrected chi connectivity index (χ3v) is 10.8. The maximum absolute atomic E-state index is 13.0. The molecule has 0 atom stereocenters. The molecular weight excluding hydrogens is 514 g/mol. The van der Waals surface area contributed by atoms with E-state index in [9.17, 15) is 21.6 Å². The van der Waals surface area contributed by atoms with Crippen molar-refractivity contribution in [1.29, 1.82) is 0 Å². The van der Waals surface area contributed by atoms with Gasteiger partial charge in [0.25, 0.3) is 0 Å². The number of sulfonamides is 2. The number of benzene rings is 2. The van der Waals surface area contributed by atoms with E-state index in [0.29, 0.717) is 69.2 Å². The molecule has 2 aliphatic heterocycles.